The van der Waals surface area contributed by atoms with Crippen LogP contribution in [0.1, 0.15) is 29.5 Å². The summed E-state index contributed by atoms with van der Waals surface area (Å²) in [5, 5.41) is 2.06. The molecule has 0 aromatic heterocycles. The topological polar surface area (TPSA) is 12.5 Å². The van der Waals surface area contributed by atoms with E-state index in [2.05, 4.69) is 44.4 Å². The average molecular weight is 218 g/mol. The summed E-state index contributed by atoms with van der Waals surface area (Å²) in [7, 11) is 0. The Balaban J connectivity index is 2.09. The molecule has 0 unspecified atom stereocenters. The van der Waals surface area contributed by atoms with E-state index in [4.69, 9.17) is 4.84 Å². The lowest BCUT2D eigenvalue weighted by atomic mass is 10.0. The maximum absolute atomic E-state index is 5.89. The summed E-state index contributed by atoms with van der Waals surface area (Å²) in [4.78, 5) is 5.89. The van der Waals surface area contributed by atoms with Crippen molar-refractivity contribution in [3.63, 3.8) is 0 Å². The van der Waals surface area contributed by atoms with E-state index >= 15 is 0 Å². The van der Waals surface area contributed by atoms with Crippen LogP contribution in [0.15, 0.2) is 12.1 Å². The van der Waals surface area contributed by atoms with Gasteiger partial charge in [0.05, 0.1) is 0 Å². The molecule has 1 fully saturated rings. The molecule has 0 bridgehead atoms. The van der Waals surface area contributed by atoms with Crippen LogP contribution in [0, 0.1) is 27.2 Å². The third-order valence-electron chi connectivity index (χ3n) is 3.30. The molecule has 1 heterocycles. The minimum absolute atomic E-state index is 0.975. The minimum atomic E-state index is 0.975. The first-order chi connectivity index (χ1) is 7.66. The second-order valence-corrected chi connectivity index (χ2v) is 4.57. The van der Waals surface area contributed by atoms with Crippen molar-refractivity contribution in [2.45, 2.75) is 33.6 Å². The van der Waals surface area contributed by atoms with Crippen molar-refractivity contribution in [1.29, 1.82) is 0 Å². The lowest BCUT2D eigenvalue weighted by Crippen LogP contribution is -2.33. The zero-order chi connectivity index (χ0) is 11.5. The Bertz CT molecular complexity index is 344. The van der Waals surface area contributed by atoms with E-state index in [-0.39, 0.29) is 0 Å². The molecule has 0 amide bonds. The molecule has 1 radical (unpaired) electrons. The molecule has 0 atom stereocenters. The highest BCUT2D eigenvalue weighted by Gasteiger charge is 2.12. The average Bonchev–Trinajstić information content (AvgIpc) is 2.27. The Labute approximate surface area is 98.2 Å². The second kappa shape index (κ2) is 4.88. The summed E-state index contributed by atoms with van der Waals surface area (Å²) < 4.78 is 0. The van der Waals surface area contributed by atoms with Gasteiger partial charge in [0, 0.05) is 13.1 Å². The molecule has 2 heteroatoms. The standard InChI is InChI=1S/C14H20NO/c1-11-9-14(10-12(2)13(11)3)16-15-7-5-4-6-8-15/h4,9-10H,5-8H2,1-3H3. The number of piperidine rings is 1. The molecule has 16 heavy (non-hydrogen) atoms. The number of hydrogen-bond acceptors (Lipinski definition) is 2. The van der Waals surface area contributed by atoms with Crippen molar-refractivity contribution in [2.24, 2.45) is 0 Å². The molecular formula is C14H20NO. The maximum atomic E-state index is 5.89. The maximum Gasteiger partial charge on any atom is 0.148 e. The molecule has 0 saturated carbocycles. The predicted molar refractivity (Wildman–Crippen MR) is 66.4 cm³/mol. The molecular weight excluding hydrogens is 198 g/mol. The van der Waals surface area contributed by atoms with Gasteiger partial charge in [-0.25, -0.2) is 0 Å². The highest BCUT2D eigenvalue weighted by molar-refractivity contribution is 5.39. The van der Waals surface area contributed by atoms with E-state index in [1.165, 1.54) is 16.7 Å². The quantitative estimate of drug-likeness (QED) is 0.755. The molecule has 1 saturated heterocycles. The highest BCUT2D eigenvalue weighted by Crippen LogP contribution is 2.22. The number of hydroxylamine groups is 2. The monoisotopic (exact) mass is 218 g/mol. The number of rotatable bonds is 2. The first-order valence-electron chi connectivity index (χ1n) is 5.99. The molecule has 0 spiro atoms. The Hall–Kier alpha value is -1.02. The van der Waals surface area contributed by atoms with Crippen LogP contribution in [0.5, 0.6) is 5.75 Å². The first-order valence-corrected chi connectivity index (χ1v) is 5.99. The van der Waals surface area contributed by atoms with Gasteiger partial charge in [0.2, 0.25) is 0 Å². The summed E-state index contributed by atoms with van der Waals surface area (Å²) in [6, 6.07) is 4.25. The van der Waals surface area contributed by atoms with Crippen molar-refractivity contribution in [3.05, 3.63) is 35.2 Å². The largest absolute Gasteiger partial charge is 0.406 e. The van der Waals surface area contributed by atoms with Gasteiger partial charge in [-0.3, -0.25) is 0 Å². The first kappa shape index (κ1) is 11.5. The Morgan fingerprint density at radius 2 is 1.56 bits per heavy atom. The SMILES string of the molecule is Cc1cc(ON2CC[CH]CC2)cc(C)c1C. The smallest absolute Gasteiger partial charge is 0.148 e. The lowest BCUT2D eigenvalue weighted by Gasteiger charge is -2.26. The highest BCUT2D eigenvalue weighted by atomic mass is 16.7. The molecule has 1 aliphatic rings. The number of nitrogens with zero attached hydrogens (tertiary/aromatic N) is 1. The van der Waals surface area contributed by atoms with Gasteiger partial charge < -0.3 is 4.84 Å². The summed E-state index contributed by atoms with van der Waals surface area (Å²) >= 11 is 0. The van der Waals surface area contributed by atoms with Crippen molar-refractivity contribution in [2.75, 3.05) is 13.1 Å². The van der Waals surface area contributed by atoms with E-state index in [0.29, 0.717) is 0 Å². The van der Waals surface area contributed by atoms with Gasteiger partial charge in [0.1, 0.15) is 5.75 Å². The molecule has 0 N–H and O–H groups in total. The molecule has 1 aromatic rings. The third-order valence-corrected chi connectivity index (χ3v) is 3.30. The van der Waals surface area contributed by atoms with Crippen LogP contribution < -0.4 is 4.84 Å². The molecule has 1 aromatic carbocycles. The number of benzene rings is 1. The molecule has 2 rings (SSSR count). The van der Waals surface area contributed by atoms with Crippen LogP contribution >= 0.6 is 0 Å². The van der Waals surface area contributed by atoms with Gasteiger partial charge in [0.25, 0.3) is 0 Å². The minimum Gasteiger partial charge on any atom is -0.406 e. The Morgan fingerprint density at radius 1 is 1.00 bits per heavy atom. The van der Waals surface area contributed by atoms with Gasteiger partial charge in [-0.15, -0.1) is 5.06 Å². The van der Waals surface area contributed by atoms with Crippen LogP contribution in [0.2, 0.25) is 0 Å². The van der Waals surface area contributed by atoms with Crippen LogP contribution in [0.4, 0.5) is 0 Å². The van der Waals surface area contributed by atoms with E-state index in [9.17, 15) is 0 Å². The van der Waals surface area contributed by atoms with Crippen molar-refractivity contribution >= 4 is 0 Å². The van der Waals surface area contributed by atoms with Gasteiger partial charge in [-0.05, 0) is 68.9 Å². The summed E-state index contributed by atoms with van der Waals surface area (Å²) in [6.45, 7) is 8.45. The van der Waals surface area contributed by atoms with E-state index in [0.717, 1.165) is 31.7 Å². The van der Waals surface area contributed by atoms with Gasteiger partial charge in [-0.1, -0.05) is 0 Å². The number of hydrogen-bond donors (Lipinski definition) is 0. The fourth-order valence-corrected chi connectivity index (χ4v) is 2.02. The van der Waals surface area contributed by atoms with Crippen molar-refractivity contribution in [1.82, 2.24) is 5.06 Å². The van der Waals surface area contributed by atoms with Crippen LogP contribution in [-0.2, 0) is 0 Å². The zero-order valence-corrected chi connectivity index (χ0v) is 10.4. The van der Waals surface area contributed by atoms with Crippen LogP contribution in [-0.4, -0.2) is 18.2 Å². The van der Waals surface area contributed by atoms with Crippen molar-refractivity contribution in [3.8, 4) is 5.75 Å². The van der Waals surface area contributed by atoms with Gasteiger partial charge in [0.15, 0.2) is 0 Å². The second-order valence-electron chi connectivity index (χ2n) is 4.57. The third kappa shape index (κ3) is 2.56. The normalized spacial score (nSPS) is 17.4. The lowest BCUT2D eigenvalue weighted by molar-refractivity contribution is -0.0651. The molecule has 0 aliphatic carbocycles. The summed E-state index contributed by atoms with van der Waals surface area (Å²) in [6.07, 6.45) is 4.58. The molecule has 1 aliphatic heterocycles. The van der Waals surface area contributed by atoms with Crippen LogP contribution in [0.3, 0.4) is 0 Å². The van der Waals surface area contributed by atoms with Gasteiger partial charge >= 0.3 is 0 Å². The number of aryl methyl sites for hydroxylation is 2. The molecule has 2 nitrogen and oxygen atoms in total. The summed E-state index contributed by atoms with van der Waals surface area (Å²) in [5.41, 5.74) is 3.97. The van der Waals surface area contributed by atoms with E-state index in [1.54, 1.807) is 0 Å². The van der Waals surface area contributed by atoms with Gasteiger partial charge in [-0.2, -0.15) is 0 Å². The Morgan fingerprint density at radius 3 is 2.12 bits per heavy atom. The fourth-order valence-electron chi connectivity index (χ4n) is 2.02. The molecule has 87 valence electrons. The summed E-state index contributed by atoms with van der Waals surface area (Å²) in [5.74, 6) is 0.975. The Kier molecular flexibility index (Phi) is 3.49. The van der Waals surface area contributed by atoms with E-state index in [1.807, 2.05) is 0 Å². The zero-order valence-electron chi connectivity index (χ0n) is 10.4. The fraction of sp³-hybridized carbons (Fsp3) is 0.500. The van der Waals surface area contributed by atoms with Crippen LogP contribution in [0.25, 0.3) is 0 Å². The predicted octanol–water partition coefficient (Wildman–Crippen LogP) is 3.21. The van der Waals surface area contributed by atoms with Crippen molar-refractivity contribution < 1.29 is 4.84 Å². The van der Waals surface area contributed by atoms with E-state index < -0.39 is 0 Å².